The average Bonchev–Trinajstić information content (AvgIpc) is 2.87. The van der Waals surface area contributed by atoms with E-state index in [2.05, 4.69) is 10.3 Å². The van der Waals surface area contributed by atoms with Crippen molar-refractivity contribution in [3.8, 4) is 17.4 Å². The zero-order valence-electron chi connectivity index (χ0n) is 19.6. The second kappa shape index (κ2) is 10.9. The maximum Gasteiger partial charge on any atom is 0.246 e. The molecule has 10 heteroatoms. The van der Waals surface area contributed by atoms with E-state index in [4.69, 9.17) is 14.2 Å². The number of hydrogen-bond donors (Lipinski definition) is 1. The number of ether oxygens (including phenoxy) is 3. The number of nitrogens with zero attached hydrogens (tertiary/aromatic N) is 2. The van der Waals surface area contributed by atoms with Crippen molar-refractivity contribution in [2.24, 2.45) is 0 Å². The molecular formula is C25H27N3O6S. The van der Waals surface area contributed by atoms with Gasteiger partial charge in [-0.3, -0.25) is 4.79 Å². The van der Waals surface area contributed by atoms with Crippen LogP contribution in [0.15, 0.2) is 65.7 Å². The van der Waals surface area contributed by atoms with E-state index in [1.54, 1.807) is 24.3 Å². The second-order valence-electron chi connectivity index (χ2n) is 8.03. The van der Waals surface area contributed by atoms with Gasteiger partial charge in [-0.25, -0.2) is 13.4 Å². The molecule has 9 nitrogen and oxygen atoms in total. The van der Waals surface area contributed by atoms with E-state index >= 15 is 0 Å². The average molecular weight is 498 g/mol. The smallest absolute Gasteiger partial charge is 0.246 e. The van der Waals surface area contributed by atoms with Gasteiger partial charge in [0.1, 0.15) is 16.4 Å². The number of sulfonamides is 1. The van der Waals surface area contributed by atoms with Crippen molar-refractivity contribution in [2.75, 3.05) is 38.7 Å². The van der Waals surface area contributed by atoms with Gasteiger partial charge in [-0.15, -0.1) is 0 Å². The van der Waals surface area contributed by atoms with E-state index in [1.807, 2.05) is 31.2 Å². The summed E-state index contributed by atoms with van der Waals surface area (Å²) in [6.07, 6.45) is 1.49. The Labute approximate surface area is 204 Å². The van der Waals surface area contributed by atoms with E-state index in [-0.39, 0.29) is 36.1 Å². The molecule has 0 spiro atoms. The number of amides is 1. The normalized spacial score (nSPS) is 14.3. The number of morpholine rings is 1. The third kappa shape index (κ3) is 6.16. The molecule has 1 aliphatic heterocycles. The Balaban J connectivity index is 1.42. The molecule has 1 aromatic heterocycles. The SMILES string of the molecule is COc1ccc(CC(=O)Nc2ccc(Oc3ccc(C)cc3)nc2)cc1S(=O)(=O)N1CCOCC1. The standard InChI is InChI=1S/C25H27N3O6S/c1-18-3-7-21(8-4-18)34-25-10-6-20(17-26-25)27-24(29)16-19-5-9-22(32-2)23(15-19)35(30,31)28-11-13-33-14-12-28/h3-10,15,17H,11-14,16H2,1-2H3,(H,27,29). The fraction of sp³-hybridized carbons (Fsp3) is 0.280. The van der Waals surface area contributed by atoms with Crippen molar-refractivity contribution < 1.29 is 27.4 Å². The van der Waals surface area contributed by atoms with Gasteiger partial charge in [0.25, 0.3) is 0 Å². The number of carbonyl (C=O) groups is 1. The molecule has 0 unspecified atom stereocenters. The Hall–Kier alpha value is -3.47. The number of benzene rings is 2. The molecule has 4 rings (SSSR count). The van der Waals surface area contributed by atoms with Crippen LogP contribution in [0.3, 0.4) is 0 Å². The molecule has 0 atom stereocenters. The summed E-state index contributed by atoms with van der Waals surface area (Å²) in [4.78, 5) is 16.9. The minimum Gasteiger partial charge on any atom is -0.495 e. The molecule has 3 aromatic rings. The van der Waals surface area contributed by atoms with Gasteiger partial charge in [0.15, 0.2) is 0 Å². The van der Waals surface area contributed by atoms with Crippen molar-refractivity contribution >= 4 is 21.6 Å². The van der Waals surface area contributed by atoms with E-state index in [9.17, 15) is 13.2 Å². The van der Waals surface area contributed by atoms with Gasteiger partial charge in [0.05, 0.1) is 38.6 Å². The molecule has 1 saturated heterocycles. The lowest BCUT2D eigenvalue weighted by molar-refractivity contribution is -0.115. The van der Waals surface area contributed by atoms with Crippen LogP contribution in [0.4, 0.5) is 5.69 Å². The van der Waals surface area contributed by atoms with E-state index in [0.29, 0.717) is 36.1 Å². The quantitative estimate of drug-likeness (QED) is 0.508. The summed E-state index contributed by atoms with van der Waals surface area (Å²) in [5.74, 6) is 0.995. The van der Waals surface area contributed by atoms with Crippen molar-refractivity contribution in [3.63, 3.8) is 0 Å². The molecule has 0 bridgehead atoms. The zero-order valence-corrected chi connectivity index (χ0v) is 20.4. The lowest BCUT2D eigenvalue weighted by Crippen LogP contribution is -2.40. The van der Waals surface area contributed by atoms with Crippen molar-refractivity contribution in [2.45, 2.75) is 18.2 Å². The van der Waals surface area contributed by atoms with Gasteiger partial charge in [-0.1, -0.05) is 23.8 Å². The Morgan fingerprint density at radius 1 is 1.09 bits per heavy atom. The third-order valence-electron chi connectivity index (χ3n) is 5.44. The van der Waals surface area contributed by atoms with Crippen molar-refractivity contribution in [1.82, 2.24) is 9.29 Å². The summed E-state index contributed by atoms with van der Waals surface area (Å²) < 4.78 is 43.9. The third-order valence-corrected chi connectivity index (χ3v) is 7.36. The molecule has 1 N–H and O–H groups in total. The van der Waals surface area contributed by atoms with Crippen LogP contribution < -0.4 is 14.8 Å². The monoisotopic (exact) mass is 497 g/mol. The van der Waals surface area contributed by atoms with Gasteiger partial charge >= 0.3 is 0 Å². The first kappa shape index (κ1) is 24.6. The van der Waals surface area contributed by atoms with Crippen LogP contribution in [0, 0.1) is 6.92 Å². The predicted octanol–water partition coefficient (Wildman–Crippen LogP) is 3.39. The van der Waals surface area contributed by atoms with Crippen LogP contribution in [0.2, 0.25) is 0 Å². The number of hydrogen-bond acceptors (Lipinski definition) is 7. The number of methoxy groups -OCH3 is 1. The minimum absolute atomic E-state index is 0.0166. The van der Waals surface area contributed by atoms with Crippen LogP contribution in [0.5, 0.6) is 17.4 Å². The highest BCUT2D eigenvalue weighted by molar-refractivity contribution is 7.89. The first-order chi connectivity index (χ1) is 16.8. The summed E-state index contributed by atoms with van der Waals surface area (Å²) in [6, 6.07) is 15.7. The summed E-state index contributed by atoms with van der Waals surface area (Å²) in [6.45, 7) is 3.22. The number of anilines is 1. The molecule has 184 valence electrons. The molecule has 0 saturated carbocycles. The van der Waals surface area contributed by atoms with Gasteiger partial charge in [0, 0.05) is 19.2 Å². The van der Waals surface area contributed by atoms with Crippen LogP contribution in [-0.4, -0.2) is 57.0 Å². The van der Waals surface area contributed by atoms with Crippen LogP contribution in [-0.2, 0) is 26.0 Å². The molecule has 2 heterocycles. The van der Waals surface area contributed by atoms with Crippen molar-refractivity contribution in [3.05, 3.63) is 71.9 Å². The van der Waals surface area contributed by atoms with Gasteiger partial charge in [-0.2, -0.15) is 4.31 Å². The second-order valence-corrected chi connectivity index (χ2v) is 9.93. The highest BCUT2D eigenvalue weighted by Gasteiger charge is 2.29. The van der Waals surface area contributed by atoms with E-state index < -0.39 is 10.0 Å². The molecule has 1 amide bonds. The largest absolute Gasteiger partial charge is 0.495 e. The van der Waals surface area contributed by atoms with E-state index in [1.165, 1.54) is 23.7 Å². The number of rotatable bonds is 8. The highest BCUT2D eigenvalue weighted by Crippen LogP contribution is 2.29. The number of nitrogens with one attached hydrogen (secondary N) is 1. The summed E-state index contributed by atoms with van der Waals surface area (Å²) in [5, 5.41) is 2.77. The molecule has 0 radical (unpaired) electrons. The maximum absolute atomic E-state index is 13.1. The summed E-state index contributed by atoms with van der Waals surface area (Å²) in [7, 11) is -2.37. The summed E-state index contributed by atoms with van der Waals surface area (Å²) >= 11 is 0. The molecule has 1 fully saturated rings. The minimum atomic E-state index is -3.78. The summed E-state index contributed by atoms with van der Waals surface area (Å²) in [5.41, 5.74) is 2.18. The number of pyridine rings is 1. The van der Waals surface area contributed by atoms with Crippen LogP contribution in [0.1, 0.15) is 11.1 Å². The van der Waals surface area contributed by atoms with Crippen LogP contribution >= 0.6 is 0 Å². The molecular weight excluding hydrogens is 470 g/mol. The number of aromatic nitrogens is 1. The lowest BCUT2D eigenvalue weighted by Gasteiger charge is -2.26. The zero-order chi connectivity index (χ0) is 24.8. The Morgan fingerprint density at radius 3 is 2.49 bits per heavy atom. The fourth-order valence-electron chi connectivity index (χ4n) is 3.59. The Bertz CT molecular complexity index is 1270. The fourth-order valence-corrected chi connectivity index (χ4v) is 5.20. The lowest BCUT2D eigenvalue weighted by atomic mass is 10.1. The predicted molar refractivity (Wildman–Crippen MR) is 130 cm³/mol. The maximum atomic E-state index is 13.1. The first-order valence-electron chi connectivity index (χ1n) is 11.1. The molecule has 35 heavy (non-hydrogen) atoms. The molecule has 1 aliphatic rings. The number of aryl methyl sites for hydroxylation is 1. The van der Waals surface area contributed by atoms with Gasteiger partial charge in [0.2, 0.25) is 21.8 Å². The van der Waals surface area contributed by atoms with E-state index in [0.717, 1.165) is 5.56 Å². The van der Waals surface area contributed by atoms with Gasteiger partial charge < -0.3 is 19.5 Å². The topological polar surface area (TPSA) is 107 Å². The Morgan fingerprint density at radius 2 is 1.83 bits per heavy atom. The molecule has 2 aromatic carbocycles. The van der Waals surface area contributed by atoms with Gasteiger partial charge in [-0.05, 0) is 42.8 Å². The van der Waals surface area contributed by atoms with Crippen LogP contribution in [0.25, 0.3) is 0 Å². The Kier molecular flexibility index (Phi) is 7.64. The first-order valence-corrected chi connectivity index (χ1v) is 12.5. The highest BCUT2D eigenvalue weighted by atomic mass is 32.2. The number of carbonyl (C=O) groups excluding carboxylic acids is 1. The molecule has 0 aliphatic carbocycles. The van der Waals surface area contributed by atoms with Crippen molar-refractivity contribution in [1.29, 1.82) is 0 Å².